The number of fused-ring (bicyclic) bond motifs is 1. The van der Waals surface area contributed by atoms with E-state index in [2.05, 4.69) is 54.3 Å². The smallest absolute Gasteiger partial charge is 0.203 e. The van der Waals surface area contributed by atoms with Gasteiger partial charge in [-0.25, -0.2) is 4.98 Å². The van der Waals surface area contributed by atoms with Gasteiger partial charge in [-0.1, -0.05) is 46.3 Å². The summed E-state index contributed by atoms with van der Waals surface area (Å²) in [5.74, 6) is 0. The fourth-order valence-electron chi connectivity index (χ4n) is 2.71. The maximum atomic E-state index is 4.58. The number of hydrazone groups is 1. The van der Waals surface area contributed by atoms with Gasteiger partial charge in [-0.2, -0.15) is 5.10 Å². The van der Waals surface area contributed by atoms with Crippen molar-refractivity contribution in [1.29, 1.82) is 0 Å². The topological polar surface area (TPSA) is 42.2 Å². The van der Waals surface area contributed by atoms with Crippen molar-refractivity contribution in [1.82, 2.24) is 9.55 Å². The number of anilines is 1. The molecule has 0 unspecified atom stereocenters. The molecule has 0 spiro atoms. The monoisotopic (exact) mass is 410 g/mol. The second-order valence-electron chi connectivity index (χ2n) is 5.63. The minimum atomic E-state index is 0.773. The van der Waals surface area contributed by atoms with Crippen LogP contribution in [-0.4, -0.2) is 15.8 Å². The number of thiazole rings is 1. The van der Waals surface area contributed by atoms with Gasteiger partial charge in [0.05, 0.1) is 11.9 Å². The van der Waals surface area contributed by atoms with Crippen LogP contribution >= 0.6 is 27.3 Å². The summed E-state index contributed by atoms with van der Waals surface area (Å²) in [6.45, 7) is 0. The highest BCUT2D eigenvalue weighted by molar-refractivity contribution is 9.10. The van der Waals surface area contributed by atoms with Gasteiger partial charge in [0.1, 0.15) is 0 Å². The Morgan fingerprint density at radius 1 is 1.16 bits per heavy atom. The molecule has 0 radical (unpaired) electrons. The number of benzene rings is 2. The molecule has 1 N–H and O–H groups in total. The van der Waals surface area contributed by atoms with Crippen LogP contribution in [0.3, 0.4) is 0 Å². The average molecular weight is 411 g/mol. The van der Waals surface area contributed by atoms with E-state index < -0.39 is 0 Å². The van der Waals surface area contributed by atoms with Gasteiger partial charge < -0.3 is 4.57 Å². The van der Waals surface area contributed by atoms with Crippen molar-refractivity contribution in [2.75, 3.05) is 5.43 Å². The van der Waals surface area contributed by atoms with Crippen LogP contribution in [0, 0.1) is 0 Å². The third kappa shape index (κ3) is 3.36. The molecule has 4 nitrogen and oxygen atoms in total. The molecule has 25 heavy (non-hydrogen) atoms. The highest BCUT2D eigenvalue weighted by Crippen LogP contribution is 2.26. The highest BCUT2D eigenvalue weighted by atomic mass is 79.9. The van der Waals surface area contributed by atoms with Gasteiger partial charge in [0.15, 0.2) is 0 Å². The lowest BCUT2D eigenvalue weighted by atomic mass is 10.2. The number of nitrogens with zero attached hydrogens (tertiary/aromatic N) is 3. The van der Waals surface area contributed by atoms with Crippen molar-refractivity contribution >= 4 is 49.5 Å². The Labute approximate surface area is 158 Å². The second kappa shape index (κ2) is 6.82. The number of hydrogen-bond donors (Lipinski definition) is 1. The third-order valence-corrected chi connectivity index (χ3v) is 5.21. The normalized spacial score (nSPS) is 11.4. The number of halogens is 1. The fraction of sp³-hybridized carbons (Fsp3) is 0.0526. The lowest BCUT2D eigenvalue weighted by molar-refractivity contribution is 0.968. The number of para-hydroxylation sites is 1. The van der Waals surface area contributed by atoms with Gasteiger partial charge in [0, 0.05) is 45.1 Å². The van der Waals surface area contributed by atoms with Gasteiger partial charge >= 0.3 is 0 Å². The highest BCUT2D eigenvalue weighted by Gasteiger charge is 2.05. The molecule has 0 atom stereocenters. The molecule has 0 fully saturated rings. The van der Waals surface area contributed by atoms with Crippen LogP contribution < -0.4 is 5.43 Å². The van der Waals surface area contributed by atoms with Crippen LogP contribution in [0.5, 0.6) is 0 Å². The lowest BCUT2D eigenvalue weighted by Gasteiger charge is -1.96. The van der Waals surface area contributed by atoms with Gasteiger partial charge in [-0.3, -0.25) is 5.43 Å². The summed E-state index contributed by atoms with van der Waals surface area (Å²) in [5, 5.41) is 8.33. The second-order valence-corrected chi connectivity index (χ2v) is 7.40. The van der Waals surface area contributed by atoms with Gasteiger partial charge in [0.2, 0.25) is 5.13 Å². The van der Waals surface area contributed by atoms with Crippen molar-refractivity contribution in [2.45, 2.75) is 0 Å². The maximum Gasteiger partial charge on any atom is 0.203 e. The molecule has 0 aliphatic heterocycles. The summed E-state index contributed by atoms with van der Waals surface area (Å²) >= 11 is 4.99. The standard InChI is InChI=1S/C19H15BrN4S/c1-24-11-14(16-4-2-3-5-18(16)24)10-21-23-19-22-17(12-25-19)13-6-8-15(20)9-7-13/h2-12H,1H3,(H,22,23)/b21-10+. The molecule has 2 aromatic carbocycles. The number of hydrogen-bond acceptors (Lipinski definition) is 4. The van der Waals surface area contributed by atoms with Gasteiger partial charge in [0.25, 0.3) is 0 Å². The van der Waals surface area contributed by atoms with E-state index >= 15 is 0 Å². The summed E-state index contributed by atoms with van der Waals surface area (Å²) in [4.78, 5) is 4.58. The summed E-state index contributed by atoms with van der Waals surface area (Å²) in [5.41, 5.74) is 7.33. The zero-order chi connectivity index (χ0) is 17.2. The molecular weight excluding hydrogens is 396 g/mol. The number of rotatable bonds is 4. The Hall–Kier alpha value is -2.44. The van der Waals surface area contributed by atoms with Crippen LogP contribution in [0.1, 0.15) is 5.56 Å². The quantitative estimate of drug-likeness (QED) is 0.355. The number of nitrogens with one attached hydrogen (secondary N) is 1. The first-order chi connectivity index (χ1) is 12.2. The van der Waals surface area contributed by atoms with Crippen molar-refractivity contribution in [3.63, 3.8) is 0 Å². The molecule has 124 valence electrons. The molecule has 4 rings (SSSR count). The minimum Gasteiger partial charge on any atom is -0.350 e. The Morgan fingerprint density at radius 2 is 1.96 bits per heavy atom. The van der Waals surface area contributed by atoms with Gasteiger partial charge in [-0.05, 0) is 18.2 Å². The van der Waals surface area contributed by atoms with E-state index in [1.807, 2.05) is 55.0 Å². The molecule has 2 aromatic heterocycles. The first-order valence-electron chi connectivity index (χ1n) is 7.75. The van der Waals surface area contributed by atoms with E-state index in [0.717, 1.165) is 26.4 Å². The van der Waals surface area contributed by atoms with Crippen molar-refractivity contribution in [3.05, 3.63) is 70.1 Å². The van der Waals surface area contributed by atoms with Crippen molar-refractivity contribution < 1.29 is 0 Å². The lowest BCUT2D eigenvalue weighted by Crippen LogP contribution is -1.89. The van der Waals surface area contributed by atoms with Crippen molar-refractivity contribution in [3.8, 4) is 11.3 Å². The van der Waals surface area contributed by atoms with Crippen molar-refractivity contribution in [2.24, 2.45) is 12.1 Å². The molecule has 0 bridgehead atoms. The largest absolute Gasteiger partial charge is 0.350 e. The molecular formula is C19H15BrN4S. The zero-order valence-electron chi connectivity index (χ0n) is 13.5. The molecule has 0 aliphatic carbocycles. The molecule has 0 saturated carbocycles. The van der Waals surface area contributed by atoms with E-state index in [1.165, 1.54) is 22.2 Å². The first-order valence-corrected chi connectivity index (χ1v) is 9.42. The van der Waals surface area contributed by atoms with Crippen LogP contribution in [0.4, 0.5) is 5.13 Å². The first kappa shape index (κ1) is 16.1. The molecule has 2 heterocycles. The summed E-state index contributed by atoms with van der Waals surface area (Å²) in [7, 11) is 2.04. The molecule has 0 saturated heterocycles. The van der Waals surface area contributed by atoms with E-state index in [-0.39, 0.29) is 0 Å². The van der Waals surface area contributed by atoms with E-state index in [0.29, 0.717) is 0 Å². The maximum absolute atomic E-state index is 4.58. The predicted molar refractivity (Wildman–Crippen MR) is 109 cm³/mol. The van der Waals surface area contributed by atoms with Crippen LogP contribution in [0.15, 0.2) is 69.7 Å². The van der Waals surface area contributed by atoms with Gasteiger partial charge in [-0.15, -0.1) is 11.3 Å². The van der Waals surface area contributed by atoms with Crippen LogP contribution in [0.25, 0.3) is 22.2 Å². The number of aryl methyl sites for hydroxylation is 1. The number of aromatic nitrogens is 2. The Morgan fingerprint density at radius 3 is 2.80 bits per heavy atom. The SMILES string of the molecule is Cn1cc(/C=N/Nc2nc(-c3ccc(Br)cc3)cs2)c2ccccc21. The Kier molecular flexibility index (Phi) is 4.38. The molecule has 4 aromatic rings. The molecule has 0 aliphatic rings. The van der Waals surface area contributed by atoms with E-state index in [4.69, 9.17) is 0 Å². The summed E-state index contributed by atoms with van der Waals surface area (Å²) < 4.78 is 3.16. The Bertz CT molecular complexity index is 1050. The predicted octanol–water partition coefficient (Wildman–Crippen LogP) is 5.51. The van der Waals surface area contributed by atoms with E-state index in [9.17, 15) is 0 Å². The van der Waals surface area contributed by atoms with E-state index in [1.54, 1.807) is 0 Å². The molecule has 6 heteroatoms. The fourth-order valence-corrected chi connectivity index (χ4v) is 3.64. The average Bonchev–Trinajstić information content (AvgIpc) is 3.22. The summed E-state index contributed by atoms with van der Waals surface area (Å²) in [6, 6.07) is 16.4. The summed E-state index contributed by atoms with van der Waals surface area (Å²) in [6.07, 6.45) is 3.91. The van der Waals surface area contributed by atoms with Crippen LogP contribution in [-0.2, 0) is 7.05 Å². The molecule has 0 amide bonds. The third-order valence-electron chi connectivity index (χ3n) is 3.94. The Balaban J connectivity index is 1.51. The minimum absolute atomic E-state index is 0.773. The van der Waals surface area contributed by atoms with Crippen LogP contribution in [0.2, 0.25) is 0 Å². The zero-order valence-corrected chi connectivity index (χ0v) is 15.9.